The second kappa shape index (κ2) is 5.55. The first kappa shape index (κ1) is 15.0. The third kappa shape index (κ3) is 2.61. The van der Waals surface area contributed by atoms with Gasteiger partial charge in [-0.05, 0) is 20.3 Å². The lowest BCUT2D eigenvalue weighted by Crippen LogP contribution is -2.38. The number of rotatable bonds is 4. The summed E-state index contributed by atoms with van der Waals surface area (Å²) in [6, 6.07) is 0.821. The van der Waals surface area contributed by atoms with E-state index in [1.807, 2.05) is 0 Å². The predicted octanol–water partition coefficient (Wildman–Crippen LogP) is 1.35. The van der Waals surface area contributed by atoms with E-state index in [0.29, 0.717) is 19.5 Å². The Morgan fingerprint density at radius 3 is 2.67 bits per heavy atom. The summed E-state index contributed by atoms with van der Waals surface area (Å²) in [4.78, 5) is 35.4. The zero-order chi connectivity index (χ0) is 15.7. The summed E-state index contributed by atoms with van der Waals surface area (Å²) in [6.07, 6.45) is 1.72. The van der Waals surface area contributed by atoms with Gasteiger partial charge in [0.1, 0.15) is 5.69 Å². The molecule has 2 unspecified atom stereocenters. The van der Waals surface area contributed by atoms with Gasteiger partial charge in [-0.25, -0.2) is 0 Å². The maximum Gasteiger partial charge on any atom is 0.308 e. The molecule has 0 bridgehead atoms. The van der Waals surface area contributed by atoms with E-state index in [2.05, 4.69) is 0 Å². The SMILES string of the molecule is CCn1cc([N+](=O)[O-])cc1C(=O)N1CCC(C(=O)O)C1C. The Bertz CT molecular complexity index is 595. The number of carboxylic acids is 1. The standard InChI is InChI=1S/C13H17N3O5/c1-3-14-7-9(16(20)21)6-11(14)12(17)15-5-4-10(8(15)2)13(18)19/h6-8,10H,3-5H2,1-2H3,(H,18,19). The Labute approximate surface area is 121 Å². The van der Waals surface area contributed by atoms with Crippen LogP contribution in [-0.4, -0.2) is 44.0 Å². The average Bonchev–Trinajstić information content (AvgIpc) is 3.01. The van der Waals surface area contributed by atoms with Gasteiger partial charge in [-0.15, -0.1) is 0 Å². The van der Waals surface area contributed by atoms with Gasteiger partial charge in [0.15, 0.2) is 0 Å². The number of carbonyl (C=O) groups is 2. The summed E-state index contributed by atoms with van der Waals surface area (Å²) in [6.45, 7) is 4.25. The number of carbonyl (C=O) groups excluding carboxylic acids is 1. The Hall–Kier alpha value is -2.38. The largest absolute Gasteiger partial charge is 0.481 e. The third-order valence-corrected chi connectivity index (χ3v) is 3.99. The van der Waals surface area contributed by atoms with E-state index in [9.17, 15) is 19.7 Å². The first-order chi connectivity index (χ1) is 9.86. The molecule has 8 nitrogen and oxygen atoms in total. The molecule has 21 heavy (non-hydrogen) atoms. The third-order valence-electron chi connectivity index (χ3n) is 3.99. The molecule has 2 atom stereocenters. The fourth-order valence-corrected chi connectivity index (χ4v) is 2.74. The second-order valence-corrected chi connectivity index (χ2v) is 5.10. The maximum absolute atomic E-state index is 12.5. The van der Waals surface area contributed by atoms with Crippen LogP contribution in [0, 0.1) is 16.0 Å². The molecule has 2 heterocycles. The zero-order valence-electron chi connectivity index (χ0n) is 11.9. The number of hydrogen-bond acceptors (Lipinski definition) is 4. The molecule has 1 N–H and O–H groups in total. The molecule has 1 aromatic rings. The minimum atomic E-state index is -0.922. The van der Waals surface area contributed by atoms with Crippen molar-refractivity contribution in [1.29, 1.82) is 0 Å². The number of aryl methyl sites for hydroxylation is 1. The molecule has 0 saturated carbocycles. The first-order valence-corrected chi connectivity index (χ1v) is 6.75. The zero-order valence-corrected chi connectivity index (χ0v) is 11.9. The van der Waals surface area contributed by atoms with Crippen molar-refractivity contribution in [2.24, 2.45) is 5.92 Å². The van der Waals surface area contributed by atoms with Crippen LogP contribution in [0.5, 0.6) is 0 Å². The minimum absolute atomic E-state index is 0.137. The highest BCUT2D eigenvalue weighted by Crippen LogP contribution is 2.27. The Balaban J connectivity index is 2.28. The van der Waals surface area contributed by atoms with Crippen LogP contribution in [0.4, 0.5) is 5.69 Å². The van der Waals surface area contributed by atoms with Gasteiger partial charge < -0.3 is 14.6 Å². The molecule has 0 aromatic carbocycles. The van der Waals surface area contributed by atoms with E-state index in [4.69, 9.17) is 5.11 Å². The summed E-state index contributed by atoms with van der Waals surface area (Å²) in [7, 11) is 0. The fourth-order valence-electron chi connectivity index (χ4n) is 2.74. The Morgan fingerprint density at radius 1 is 1.52 bits per heavy atom. The summed E-state index contributed by atoms with van der Waals surface area (Å²) in [5.41, 5.74) is 0.0870. The minimum Gasteiger partial charge on any atom is -0.481 e. The number of hydrogen-bond donors (Lipinski definition) is 1. The number of nitrogens with zero attached hydrogens (tertiary/aromatic N) is 3. The molecule has 1 aliphatic heterocycles. The predicted molar refractivity (Wildman–Crippen MR) is 73.0 cm³/mol. The second-order valence-electron chi connectivity index (χ2n) is 5.10. The van der Waals surface area contributed by atoms with Crippen molar-refractivity contribution >= 4 is 17.6 Å². The molecule has 1 aromatic heterocycles. The summed E-state index contributed by atoms with van der Waals surface area (Å²) in [5.74, 6) is -1.87. The lowest BCUT2D eigenvalue weighted by atomic mass is 10.0. The molecular formula is C13H17N3O5. The normalized spacial score (nSPS) is 21.5. The molecule has 0 spiro atoms. The van der Waals surface area contributed by atoms with Crippen LogP contribution in [-0.2, 0) is 11.3 Å². The Morgan fingerprint density at radius 2 is 2.19 bits per heavy atom. The van der Waals surface area contributed by atoms with Crippen LogP contribution in [0.15, 0.2) is 12.3 Å². The average molecular weight is 295 g/mol. The van der Waals surface area contributed by atoms with Gasteiger partial charge in [0.25, 0.3) is 11.6 Å². The number of aromatic nitrogens is 1. The Kier molecular flexibility index (Phi) is 3.97. The van der Waals surface area contributed by atoms with E-state index >= 15 is 0 Å². The van der Waals surface area contributed by atoms with E-state index < -0.39 is 22.9 Å². The summed E-state index contributed by atoms with van der Waals surface area (Å²) in [5, 5.41) is 19.9. The molecule has 1 aliphatic rings. The van der Waals surface area contributed by atoms with Gasteiger partial charge in [-0.3, -0.25) is 19.7 Å². The molecule has 1 fully saturated rings. The van der Waals surface area contributed by atoms with Crippen LogP contribution < -0.4 is 0 Å². The van der Waals surface area contributed by atoms with Gasteiger partial charge in [-0.1, -0.05) is 0 Å². The molecule has 0 radical (unpaired) electrons. The highest BCUT2D eigenvalue weighted by Gasteiger charge is 2.39. The topological polar surface area (TPSA) is 106 Å². The fraction of sp³-hybridized carbons (Fsp3) is 0.538. The van der Waals surface area contributed by atoms with Gasteiger partial charge in [0.05, 0.1) is 17.0 Å². The number of amides is 1. The van der Waals surface area contributed by atoms with E-state index in [0.717, 1.165) is 0 Å². The number of carboxylic acid groups (broad SMARTS) is 1. The quantitative estimate of drug-likeness (QED) is 0.666. The molecule has 8 heteroatoms. The van der Waals surface area contributed by atoms with Crippen LogP contribution in [0.1, 0.15) is 30.8 Å². The van der Waals surface area contributed by atoms with Crippen molar-refractivity contribution in [3.8, 4) is 0 Å². The number of nitro groups is 1. The molecule has 114 valence electrons. The van der Waals surface area contributed by atoms with Crippen molar-refractivity contribution in [2.45, 2.75) is 32.9 Å². The highest BCUT2D eigenvalue weighted by atomic mass is 16.6. The van der Waals surface area contributed by atoms with Gasteiger partial charge in [0.2, 0.25) is 0 Å². The monoisotopic (exact) mass is 295 g/mol. The van der Waals surface area contributed by atoms with Crippen LogP contribution in [0.25, 0.3) is 0 Å². The highest BCUT2D eigenvalue weighted by molar-refractivity contribution is 5.94. The van der Waals surface area contributed by atoms with Gasteiger partial charge in [0, 0.05) is 25.2 Å². The van der Waals surface area contributed by atoms with E-state index in [1.54, 1.807) is 13.8 Å². The molecular weight excluding hydrogens is 278 g/mol. The molecule has 0 aliphatic carbocycles. The lowest BCUT2D eigenvalue weighted by molar-refractivity contribution is -0.384. The number of aliphatic carboxylic acids is 1. The summed E-state index contributed by atoms with van der Waals surface area (Å²) < 4.78 is 1.52. The van der Waals surface area contributed by atoms with Crippen LogP contribution >= 0.6 is 0 Å². The molecule has 2 rings (SSSR count). The van der Waals surface area contributed by atoms with Crippen molar-refractivity contribution in [1.82, 2.24) is 9.47 Å². The van der Waals surface area contributed by atoms with Crippen LogP contribution in [0.3, 0.4) is 0 Å². The van der Waals surface area contributed by atoms with Crippen molar-refractivity contribution < 1.29 is 19.6 Å². The molecule has 1 amide bonds. The summed E-state index contributed by atoms with van der Waals surface area (Å²) >= 11 is 0. The van der Waals surface area contributed by atoms with Gasteiger partial charge >= 0.3 is 5.97 Å². The number of likely N-dealkylation sites (tertiary alicyclic amines) is 1. The maximum atomic E-state index is 12.5. The van der Waals surface area contributed by atoms with E-state index in [-0.39, 0.29) is 17.3 Å². The smallest absolute Gasteiger partial charge is 0.308 e. The molecule has 1 saturated heterocycles. The van der Waals surface area contributed by atoms with Crippen molar-refractivity contribution in [2.75, 3.05) is 6.54 Å². The van der Waals surface area contributed by atoms with E-state index in [1.165, 1.54) is 21.7 Å². The lowest BCUT2D eigenvalue weighted by Gasteiger charge is -2.23. The van der Waals surface area contributed by atoms with Crippen molar-refractivity contribution in [3.05, 3.63) is 28.1 Å². The van der Waals surface area contributed by atoms with Crippen LogP contribution in [0.2, 0.25) is 0 Å². The van der Waals surface area contributed by atoms with Crippen molar-refractivity contribution in [3.63, 3.8) is 0 Å². The first-order valence-electron chi connectivity index (χ1n) is 6.75. The van der Waals surface area contributed by atoms with Gasteiger partial charge in [-0.2, -0.15) is 0 Å².